The molecule has 1 fully saturated rings. The summed E-state index contributed by atoms with van der Waals surface area (Å²) in [5, 5.41) is 0. The summed E-state index contributed by atoms with van der Waals surface area (Å²) in [6.45, 7) is 6.92. The van der Waals surface area contributed by atoms with E-state index in [1.165, 1.54) is 24.9 Å². The Bertz CT molecular complexity index is 350. The van der Waals surface area contributed by atoms with Crippen LogP contribution in [0.2, 0.25) is 0 Å². The van der Waals surface area contributed by atoms with Crippen molar-refractivity contribution in [2.75, 3.05) is 26.2 Å². The van der Waals surface area contributed by atoms with Crippen LogP contribution in [0.5, 0.6) is 5.75 Å². The molecule has 1 aromatic carbocycles. The van der Waals surface area contributed by atoms with Gasteiger partial charge in [-0.1, -0.05) is 12.1 Å². The third-order valence-electron chi connectivity index (χ3n) is 3.58. The van der Waals surface area contributed by atoms with Crippen molar-refractivity contribution < 1.29 is 4.74 Å². The second-order valence-corrected chi connectivity index (χ2v) is 5.06. The monoisotopic (exact) mass is 248 g/mol. The summed E-state index contributed by atoms with van der Waals surface area (Å²) in [7, 11) is 0. The summed E-state index contributed by atoms with van der Waals surface area (Å²) < 4.78 is 5.46. The van der Waals surface area contributed by atoms with E-state index in [1.54, 1.807) is 0 Å². The molecular formula is C15H24N2O. The van der Waals surface area contributed by atoms with Crippen LogP contribution in [0.15, 0.2) is 24.3 Å². The molecule has 1 aromatic rings. The molecular weight excluding hydrogens is 224 g/mol. The predicted molar refractivity (Wildman–Crippen MR) is 74.7 cm³/mol. The van der Waals surface area contributed by atoms with Gasteiger partial charge in [-0.05, 0) is 56.5 Å². The third kappa shape index (κ3) is 3.72. The molecule has 1 heterocycles. The first-order chi connectivity index (χ1) is 8.81. The topological polar surface area (TPSA) is 38.5 Å². The van der Waals surface area contributed by atoms with Crippen molar-refractivity contribution in [2.24, 2.45) is 11.7 Å². The van der Waals surface area contributed by atoms with E-state index in [-0.39, 0.29) is 0 Å². The van der Waals surface area contributed by atoms with E-state index in [0.717, 1.165) is 32.0 Å². The zero-order valence-electron chi connectivity index (χ0n) is 11.3. The fourth-order valence-electron chi connectivity index (χ4n) is 2.60. The van der Waals surface area contributed by atoms with Gasteiger partial charge in [0.25, 0.3) is 0 Å². The first-order valence-electron chi connectivity index (χ1n) is 6.96. The Kier molecular flexibility index (Phi) is 5.02. The maximum atomic E-state index is 5.77. The van der Waals surface area contributed by atoms with Crippen molar-refractivity contribution in [3.63, 3.8) is 0 Å². The number of benzene rings is 1. The Balaban J connectivity index is 1.88. The standard InChI is InChI=1S/C15H24N2O/c1-2-18-15-7-5-13(6-8-15)11-17-9-3-4-14(10-16)12-17/h5-8,14H,2-4,9-12,16H2,1H3. The maximum Gasteiger partial charge on any atom is 0.119 e. The Hall–Kier alpha value is -1.06. The lowest BCUT2D eigenvalue weighted by Gasteiger charge is -2.32. The second-order valence-electron chi connectivity index (χ2n) is 5.06. The molecule has 0 aromatic heterocycles. The van der Waals surface area contributed by atoms with Crippen molar-refractivity contribution in [3.05, 3.63) is 29.8 Å². The molecule has 3 nitrogen and oxygen atoms in total. The number of likely N-dealkylation sites (tertiary alicyclic amines) is 1. The van der Waals surface area contributed by atoms with Gasteiger partial charge in [-0.25, -0.2) is 0 Å². The largest absolute Gasteiger partial charge is 0.494 e. The number of hydrogen-bond acceptors (Lipinski definition) is 3. The smallest absolute Gasteiger partial charge is 0.119 e. The van der Waals surface area contributed by atoms with E-state index in [2.05, 4.69) is 29.2 Å². The third-order valence-corrected chi connectivity index (χ3v) is 3.58. The molecule has 0 spiro atoms. The van der Waals surface area contributed by atoms with Crippen molar-refractivity contribution in [1.82, 2.24) is 4.90 Å². The van der Waals surface area contributed by atoms with Gasteiger partial charge in [-0.3, -0.25) is 4.90 Å². The number of piperidine rings is 1. The number of ether oxygens (including phenoxy) is 1. The van der Waals surface area contributed by atoms with Crippen LogP contribution in [0.1, 0.15) is 25.3 Å². The van der Waals surface area contributed by atoms with E-state index < -0.39 is 0 Å². The fraction of sp³-hybridized carbons (Fsp3) is 0.600. The number of nitrogens with two attached hydrogens (primary N) is 1. The average molecular weight is 248 g/mol. The minimum absolute atomic E-state index is 0.682. The first-order valence-corrected chi connectivity index (χ1v) is 6.96. The van der Waals surface area contributed by atoms with Crippen LogP contribution in [-0.2, 0) is 6.54 Å². The molecule has 100 valence electrons. The van der Waals surface area contributed by atoms with E-state index >= 15 is 0 Å². The average Bonchev–Trinajstić information content (AvgIpc) is 2.42. The number of hydrogen-bond donors (Lipinski definition) is 1. The van der Waals surface area contributed by atoms with Gasteiger partial charge in [-0.15, -0.1) is 0 Å². The van der Waals surface area contributed by atoms with Gasteiger partial charge in [0.2, 0.25) is 0 Å². The molecule has 1 aliphatic heterocycles. The summed E-state index contributed by atoms with van der Waals surface area (Å²) in [4.78, 5) is 2.51. The van der Waals surface area contributed by atoms with E-state index in [0.29, 0.717) is 5.92 Å². The number of rotatable bonds is 5. The van der Waals surface area contributed by atoms with Crippen LogP contribution in [-0.4, -0.2) is 31.1 Å². The zero-order chi connectivity index (χ0) is 12.8. The SMILES string of the molecule is CCOc1ccc(CN2CCCC(CN)C2)cc1. The van der Waals surface area contributed by atoms with Crippen LogP contribution in [0.25, 0.3) is 0 Å². The number of nitrogens with zero attached hydrogens (tertiary/aromatic N) is 1. The molecule has 18 heavy (non-hydrogen) atoms. The Morgan fingerprint density at radius 2 is 2.11 bits per heavy atom. The summed E-state index contributed by atoms with van der Waals surface area (Å²) in [6.07, 6.45) is 2.56. The van der Waals surface area contributed by atoms with Crippen LogP contribution in [0.3, 0.4) is 0 Å². The van der Waals surface area contributed by atoms with Gasteiger partial charge in [0.05, 0.1) is 6.61 Å². The van der Waals surface area contributed by atoms with Crippen molar-refractivity contribution in [3.8, 4) is 5.75 Å². The van der Waals surface area contributed by atoms with E-state index in [4.69, 9.17) is 10.5 Å². The molecule has 1 aliphatic rings. The van der Waals surface area contributed by atoms with E-state index in [9.17, 15) is 0 Å². The lowest BCUT2D eigenvalue weighted by atomic mass is 9.98. The molecule has 0 aliphatic carbocycles. The Labute approximate surface area is 110 Å². The highest BCUT2D eigenvalue weighted by atomic mass is 16.5. The predicted octanol–water partition coefficient (Wildman–Crippen LogP) is 2.26. The lowest BCUT2D eigenvalue weighted by Crippen LogP contribution is -2.37. The normalized spacial score (nSPS) is 20.9. The molecule has 0 bridgehead atoms. The summed E-state index contributed by atoms with van der Waals surface area (Å²) >= 11 is 0. The van der Waals surface area contributed by atoms with Gasteiger partial charge < -0.3 is 10.5 Å². The van der Waals surface area contributed by atoms with Gasteiger partial charge in [0, 0.05) is 13.1 Å². The van der Waals surface area contributed by atoms with Crippen LogP contribution >= 0.6 is 0 Å². The van der Waals surface area contributed by atoms with Gasteiger partial charge in [0.15, 0.2) is 0 Å². The summed E-state index contributed by atoms with van der Waals surface area (Å²) in [6, 6.07) is 8.44. The highest BCUT2D eigenvalue weighted by Gasteiger charge is 2.18. The quantitative estimate of drug-likeness (QED) is 0.868. The van der Waals surface area contributed by atoms with E-state index in [1.807, 2.05) is 6.92 Å². The van der Waals surface area contributed by atoms with Crippen LogP contribution in [0, 0.1) is 5.92 Å². The van der Waals surface area contributed by atoms with Gasteiger partial charge >= 0.3 is 0 Å². The second kappa shape index (κ2) is 6.76. The maximum absolute atomic E-state index is 5.77. The highest BCUT2D eigenvalue weighted by molar-refractivity contribution is 5.27. The highest BCUT2D eigenvalue weighted by Crippen LogP contribution is 2.19. The molecule has 2 N–H and O–H groups in total. The molecule has 0 saturated carbocycles. The lowest BCUT2D eigenvalue weighted by molar-refractivity contribution is 0.171. The van der Waals surface area contributed by atoms with Crippen molar-refractivity contribution in [1.29, 1.82) is 0 Å². The summed E-state index contributed by atoms with van der Waals surface area (Å²) in [5.74, 6) is 1.64. The Morgan fingerprint density at radius 1 is 1.33 bits per heavy atom. The molecule has 1 unspecified atom stereocenters. The molecule has 3 heteroatoms. The van der Waals surface area contributed by atoms with Gasteiger partial charge in [-0.2, -0.15) is 0 Å². The van der Waals surface area contributed by atoms with Crippen molar-refractivity contribution in [2.45, 2.75) is 26.3 Å². The van der Waals surface area contributed by atoms with Gasteiger partial charge in [0.1, 0.15) is 5.75 Å². The Morgan fingerprint density at radius 3 is 2.78 bits per heavy atom. The molecule has 0 radical (unpaired) electrons. The summed E-state index contributed by atoms with van der Waals surface area (Å²) in [5.41, 5.74) is 7.13. The van der Waals surface area contributed by atoms with Crippen molar-refractivity contribution >= 4 is 0 Å². The molecule has 2 rings (SSSR count). The van der Waals surface area contributed by atoms with Crippen LogP contribution < -0.4 is 10.5 Å². The molecule has 0 amide bonds. The first kappa shape index (κ1) is 13.4. The fourth-order valence-corrected chi connectivity index (χ4v) is 2.60. The minimum atomic E-state index is 0.682. The molecule has 1 atom stereocenters. The van der Waals surface area contributed by atoms with Crippen LogP contribution in [0.4, 0.5) is 0 Å². The minimum Gasteiger partial charge on any atom is -0.494 e. The zero-order valence-corrected chi connectivity index (χ0v) is 11.3. The molecule has 1 saturated heterocycles.